The summed E-state index contributed by atoms with van der Waals surface area (Å²) in [7, 11) is 0. The van der Waals surface area contributed by atoms with Crippen molar-refractivity contribution in [3.05, 3.63) is 170 Å². The second-order valence-corrected chi connectivity index (χ2v) is 28.3. The van der Waals surface area contributed by atoms with Crippen LogP contribution in [-0.4, -0.2) is 145 Å². The lowest BCUT2D eigenvalue weighted by molar-refractivity contribution is 0.0449. The molecule has 0 saturated carbocycles. The fourth-order valence-corrected chi connectivity index (χ4v) is 17.3. The Morgan fingerprint density at radius 3 is 1.38 bits per heavy atom. The van der Waals surface area contributed by atoms with Crippen molar-refractivity contribution in [3.63, 3.8) is 0 Å². The molecule has 5 aromatic heterocycles. The molecule has 6 aliphatic rings. The lowest BCUT2D eigenvalue weighted by Gasteiger charge is -2.28. The average Bonchev–Trinajstić information content (AvgIpc) is 1.74. The van der Waals surface area contributed by atoms with Crippen molar-refractivity contribution in [1.29, 1.82) is 15.8 Å². The smallest absolute Gasteiger partial charge is 0.178 e. The molecule has 0 spiro atoms. The summed E-state index contributed by atoms with van der Waals surface area (Å²) in [6.45, 7) is 14.8. The Balaban J connectivity index is 0.000000132. The predicted octanol–water partition coefficient (Wildman–Crippen LogP) is 11.6. The minimum Gasteiger partial charge on any atom is -0.391 e. The fourth-order valence-electron chi connectivity index (χ4n) is 15.8. The van der Waals surface area contributed by atoms with E-state index in [2.05, 4.69) is 52.0 Å². The zero-order valence-corrected chi connectivity index (χ0v) is 54.2. The topological polar surface area (TPSA) is 234 Å². The Kier molecular flexibility index (Phi) is 18.0. The number of thiazole rings is 2. The number of nitrogens with zero attached hydrogens (tertiary/aromatic N) is 11. The molecule has 3 N–H and O–H groups in total. The molecule has 0 amide bonds. The van der Waals surface area contributed by atoms with Crippen LogP contribution in [0.25, 0.3) is 38.3 Å². The number of fused-ring (bicyclic) bond motifs is 6. The summed E-state index contributed by atoms with van der Waals surface area (Å²) >= 11 is 3.13. The molecule has 6 saturated heterocycles. The Labute approximate surface area is 539 Å². The Morgan fingerprint density at radius 2 is 0.978 bits per heavy atom. The van der Waals surface area contributed by atoms with Crippen molar-refractivity contribution < 1.29 is 29.7 Å². The van der Waals surface area contributed by atoms with Gasteiger partial charge in [-0.25, -0.2) is 9.97 Å². The number of aliphatic hydroxyl groups excluding tert-OH is 2. The number of Topliss-reactive ketones (excluding diaryl/α,β-unsaturated/α-hetero) is 3. The fraction of sp³-hybridized carbons (Fsp3) is 0.417. The van der Waals surface area contributed by atoms with Crippen LogP contribution in [-0.2, 0) is 0 Å². The molecule has 8 aromatic rings. The van der Waals surface area contributed by atoms with Crippen molar-refractivity contribution in [2.75, 3.05) is 19.6 Å². The second kappa shape index (κ2) is 25.9. The van der Waals surface area contributed by atoms with E-state index in [4.69, 9.17) is 15.8 Å². The summed E-state index contributed by atoms with van der Waals surface area (Å²) in [5.74, 6) is 0.800. The Bertz CT molecular complexity index is 4150. The number of hydrogen-bond donors (Lipinski definition) is 3. The molecule has 6 fully saturated rings. The third-order valence-electron chi connectivity index (χ3n) is 20.0. The first kappa shape index (κ1) is 63.2. The molecule has 11 heterocycles. The molecule has 468 valence electrons. The molecule has 6 bridgehead atoms. The van der Waals surface area contributed by atoms with E-state index in [-0.39, 0.29) is 41.6 Å². The monoisotopic (exact) mass is 1260 g/mol. The number of aromatic nitrogens is 5. The number of nitriles is 3. The number of aliphatic hydroxyl groups is 3. The summed E-state index contributed by atoms with van der Waals surface area (Å²) in [5, 5.41) is 61.7. The summed E-state index contributed by atoms with van der Waals surface area (Å²) in [6.07, 6.45) is 12.8. The molecule has 6 aliphatic heterocycles. The number of carbonyl (C=O) groups excluding carboxylic acids is 3. The van der Waals surface area contributed by atoms with Gasteiger partial charge in [0.2, 0.25) is 0 Å². The van der Waals surface area contributed by atoms with Crippen LogP contribution in [0.4, 0.5) is 0 Å². The van der Waals surface area contributed by atoms with E-state index >= 15 is 0 Å². The first-order chi connectivity index (χ1) is 43.7. The summed E-state index contributed by atoms with van der Waals surface area (Å²) < 4.78 is 6.21. The van der Waals surface area contributed by atoms with Gasteiger partial charge in [-0.3, -0.25) is 29.1 Å². The molecule has 91 heavy (non-hydrogen) atoms. The molecular weight excluding hydrogens is 1180 g/mol. The highest BCUT2D eigenvalue weighted by Crippen LogP contribution is 2.46. The normalized spacial score (nSPS) is 23.1. The van der Waals surface area contributed by atoms with Gasteiger partial charge in [0.25, 0.3) is 0 Å². The SMILES string of the molecule is Cc1c(C(=O)CN2C3CCC2[C@@H](O)C3)cc(-c2nccs2)n1-c1ccc(C#N)cc1.Cc1cc(C(=O)CN2C3CCC2[C@@H](CC(C)(C)O)C3)c(C)n1-c1ccc(C#N)cc1.Cc1ncc(-c2cc(C(=O)CN3C4CCC3[C@@H](O)C4)c(C)n2-c2ccc(C#N)cc2)s1. The molecule has 17 nitrogen and oxygen atoms in total. The van der Waals surface area contributed by atoms with Crippen LogP contribution in [0, 0.1) is 74.5 Å². The van der Waals surface area contributed by atoms with Gasteiger partial charge in [0.1, 0.15) is 5.01 Å². The van der Waals surface area contributed by atoms with E-state index in [0.717, 1.165) is 136 Å². The number of hydrogen-bond acceptors (Lipinski definition) is 16. The summed E-state index contributed by atoms with van der Waals surface area (Å²) in [5.41, 5.74) is 11.6. The van der Waals surface area contributed by atoms with Crippen molar-refractivity contribution in [3.8, 4) is 56.5 Å². The van der Waals surface area contributed by atoms with Gasteiger partial charge in [0, 0.05) is 111 Å². The molecule has 19 heteroatoms. The van der Waals surface area contributed by atoms with Crippen LogP contribution < -0.4 is 0 Å². The molecule has 0 aliphatic carbocycles. The predicted molar refractivity (Wildman–Crippen MR) is 351 cm³/mol. The zero-order valence-electron chi connectivity index (χ0n) is 52.6. The quantitative estimate of drug-likeness (QED) is 0.0764. The van der Waals surface area contributed by atoms with E-state index in [1.54, 1.807) is 53.9 Å². The van der Waals surface area contributed by atoms with Gasteiger partial charge in [-0.15, -0.1) is 22.7 Å². The first-order valence-electron chi connectivity index (χ1n) is 31.6. The van der Waals surface area contributed by atoms with Crippen LogP contribution >= 0.6 is 22.7 Å². The summed E-state index contributed by atoms with van der Waals surface area (Å²) in [6, 6.07) is 36.3. The molecule has 9 atom stereocenters. The van der Waals surface area contributed by atoms with Crippen molar-refractivity contribution >= 4 is 40.0 Å². The minimum atomic E-state index is -0.656. The van der Waals surface area contributed by atoms with Gasteiger partial charge in [-0.05, 0) is 210 Å². The summed E-state index contributed by atoms with van der Waals surface area (Å²) in [4.78, 5) is 56.6. The van der Waals surface area contributed by atoms with Crippen molar-refractivity contribution in [2.24, 2.45) is 5.92 Å². The van der Waals surface area contributed by atoms with E-state index in [1.165, 1.54) is 11.3 Å². The van der Waals surface area contributed by atoms with Gasteiger partial charge in [-0.1, -0.05) is 0 Å². The zero-order chi connectivity index (χ0) is 64.2. The van der Waals surface area contributed by atoms with Crippen LogP contribution in [0.3, 0.4) is 0 Å². The Morgan fingerprint density at radius 1 is 0.560 bits per heavy atom. The highest BCUT2D eigenvalue weighted by atomic mass is 32.1. The maximum atomic E-state index is 13.4. The standard InChI is InChI=1S/C25H31N3O2.C24H24N4O2S.C23H22N4O2S/c1-16-11-22(17(2)28(16)20-7-5-18(14-26)6-8-20)24(29)15-27-21-9-10-23(27)19(12-21)13-25(3,4)30;1-14-19(23(30)13-27-18-7-8-20(27)22(29)9-18)10-21(24-12-26-15(2)31-24)28(14)17-5-3-16(11-25)4-6-17;1-14-18(22(29)13-26-17-6-7-19(26)21(28)10-17)11-20(23-25-8-9-30-23)27(14)16-4-2-15(12-24)3-5-16/h5-8,11,19,21,23,30H,9-10,12-13,15H2,1-4H3;3-6,10,12,18,20,22,29H,7-9,13H2,1-2H3;2-5,8-9,11,17,19,21,28H,6-7,10,13H2,1H3/t19-,21?,23?;18?,20?,22-;17?,19?,21-/m100/s1. The number of ketones is 3. The lowest BCUT2D eigenvalue weighted by atomic mass is 9.82. The molecule has 14 rings (SSSR count). The van der Waals surface area contributed by atoms with Crippen LogP contribution in [0.2, 0.25) is 0 Å². The largest absolute Gasteiger partial charge is 0.391 e. The molecule has 3 aromatic carbocycles. The number of carbonyl (C=O) groups is 3. The second-order valence-electron chi connectivity index (χ2n) is 26.2. The van der Waals surface area contributed by atoms with Gasteiger partial charge in [-0.2, -0.15) is 15.8 Å². The maximum absolute atomic E-state index is 13.4. The lowest BCUT2D eigenvalue weighted by Crippen LogP contribution is -2.36. The molecule has 6 unspecified atom stereocenters. The van der Waals surface area contributed by atoms with Crippen LogP contribution in [0.5, 0.6) is 0 Å². The highest BCUT2D eigenvalue weighted by molar-refractivity contribution is 7.15. The van der Waals surface area contributed by atoms with Gasteiger partial charge >= 0.3 is 0 Å². The maximum Gasteiger partial charge on any atom is 0.178 e. The number of aryl methyl sites for hydroxylation is 2. The van der Waals surface area contributed by atoms with E-state index in [1.807, 2.05) is 119 Å². The number of benzene rings is 3. The molecule has 0 radical (unpaired) electrons. The molecular formula is C72H77N11O6S2. The van der Waals surface area contributed by atoms with E-state index < -0.39 is 5.60 Å². The van der Waals surface area contributed by atoms with Crippen molar-refractivity contribution in [2.45, 2.75) is 167 Å². The third kappa shape index (κ3) is 12.6. The average molecular weight is 1260 g/mol. The highest BCUT2D eigenvalue weighted by Gasteiger charge is 2.49. The minimum absolute atomic E-state index is 0.0729. The van der Waals surface area contributed by atoms with E-state index in [0.29, 0.717) is 77.5 Å². The van der Waals surface area contributed by atoms with Gasteiger partial charge in [0.15, 0.2) is 17.3 Å². The number of rotatable bonds is 16. The van der Waals surface area contributed by atoms with Gasteiger partial charge in [0.05, 0.1) is 93.6 Å². The van der Waals surface area contributed by atoms with Crippen LogP contribution in [0.15, 0.2) is 109 Å². The first-order valence-corrected chi connectivity index (χ1v) is 33.3. The van der Waals surface area contributed by atoms with Crippen molar-refractivity contribution in [1.82, 2.24) is 38.4 Å². The Hall–Kier alpha value is -8.00. The van der Waals surface area contributed by atoms with E-state index in [9.17, 15) is 29.7 Å². The van der Waals surface area contributed by atoms with Gasteiger partial charge < -0.3 is 29.0 Å². The van der Waals surface area contributed by atoms with Crippen LogP contribution in [0.1, 0.15) is 154 Å². The third-order valence-corrected chi connectivity index (χ3v) is 21.7.